The van der Waals surface area contributed by atoms with Crippen molar-refractivity contribution in [2.45, 2.75) is 57.0 Å². The van der Waals surface area contributed by atoms with Crippen molar-refractivity contribution >= 4 is 38.8 Å². The predicted octanol–water partition coefficient (Wildman–Crippen LogP) is 4.67. The van der Waals surface area contributed by atoms with Crippen LogP contribution >= 0.6 is 11.3 Å². The summed E-state index contributed by atoms with van der Waals surface area (Å²) in [5, 5.41) is 9.24. The number of nitrogens with zero attached hydrogens (tertiary/aromatic N) is 2. The van der Waals surface area contributed by atoms with Crippen molar-refractivity contribution in [2.24, 2.45) is 0 Å². The molecule has 30 heavy (non-hydrogen) atoms. The Morgan fingerprint density at radius 1 is 1.17 bits per heavy atom. The Labute approximate surface area is 178 Å². The van der Waals surface area contributed by atoms with E-state index in [0.717, 1.165) is 45.6 Å². The second kappa shape index (κ2) is 5.83. The molecule has 150 valence electrons. The van der Waals surface area contributed by atoms with Crippen LogP contribution in [0.15, 0.2) is 24.3 Å². The van der Waals surface area contributed by atoms with Gasteiger partial charge < -0.3 is 9.88 Å². The Kier molecular flexibility index (Phi) is 3.48. The number of hydrogen-bond donors (Lipinski definition) is 1. The first-order valence-electron chi connectivity index (χ1n) is 10.4. The van der Waals surface area contributed by atoms with Crippen LogP contribution in [0, 0.1) is 11.3 Å². The number of thiophene rings is 1. The van der Waals surface area contributed by atoms with Crippen molar-refractivity contribution in [3.05, 3.63) is 51.5 Å². The number of fused-ring (bicyclic) bond motifs is 6. The maximum atomic E-state index is 13.5. The van der Waals surface area contributed by atoms with Crippen molar-refractivity contribution in [1.29, 1.82) is 5.26 Å². The van der Waals surface area contributed by atoms with Gasteiger partial charge >= 0.3 is 0 Å². The second-order valence-electron chi connectivity index (χ2n) is 9.26. The number of carbonyl (C=O) groups is 2. The van der Waals surface area contributed by atoms with Gasteiger partial charge in [0.1, 0.15) is 16.7 Å². The highest BCUT2D eigenvalue weighted by Crippen LogP contribution is 2.47. The van der Waals surface area contributed by atoms with Crippen LogP contribution < -0.4 is 4.90 Å². The average Bonchev–Trinajstić information content (AvgIpc) is 3.35. The van der Waals surface area contributed by atoms with Gasteiger partial charge in [0.2, 0.25) is 0 Å². The number of H-pyrrole nitrogens is 1. The number of rotatable bonds is 1. The van der Waals surface area contributed by atoms with E-state index in [2.05, 4.69) is 41.9 Å². The number of piperidine rings is 1. The van der Waals surface area contributed by atoms with E-state index < -0.39 is 0 Å². The average molecular weight is 416 g/mol. The highest BCUT2D eigenvalue weighted by Gasteiger charge is 2.43. The molecule has 0 radical (unpaired) electrons. The van der Waals surface area contributed by atoms with E-state index in [1.807, 2.05) is 12.1 Å². The minimum absolute atomic E-state index is 0.0280. The molecule has 2 fully saturated rings. The predicted molar refractivity (Wildman–Crippen MR) is 116 cm³/mol. The van der Waals surface area contributed by atoms with Gasteiger partial charge in [0.15, 0.2) is 5.78 Å². The Morgan fingerprint density at radius 2 is 1.90 bits per heavy atom. The van der Waals surface area contributed by atoms with Crippen molar-refractivity contribution in [3.63, 3.8) is 0 Å². The lowest BCUT2D eigenvalue weighted by Crippen LogP contribution is -2.43. The van der Waals surface area contributed by atoms with Gasteiger partial charge in [0.25, 0.3) is 0 Å². The SMILES string of the molecule is CC1(C)c2cc(N3C4CCC3CC(=O)C4)ccc2C(=O)c2c1[nH]c1cc(C#N)sc21. The van der Waals surface area contributed by atoms with Crippen LogP contribution in [-0.2, 0) is 10.2 Å². The summed E-state index contributed by atoms with van der Waals surface area (Å²) in [4.78, 5) is 32.0. The van der Waals surface area contributed by atoms with Gasteiger partial charge in [-0.2, -0.15) is 5.26 Å². The lowest BCUT2D eigenvalue weighted by molar-refractivity contribution is -0.120. The Hall–Kier alpha value is -2.91. The maximum Gasteiger partial charge on any atom is 0.196 e. The van der Waals surface area contributed by atoms with Crippen molar-refractivity contribution in [3.8, 4) is 6.07 Å². The van der Waals surface area contributed by atoms with Gasteiger partial charge in [-0.05, 0) is 42.7 Å². The van der Waals surface area contributed by atoms with Gasteiger partial charge in [-0.1, -0.05) is 13.8 Å². The zero-order valence-electron chi connectivity index (χ0n) is 16.9. The van der Waals surface area contributed by atoms with Crippen LogP contribution in [0.25, 0.3) is 10.2 Å². The number of hydrogen-bond acceptors (Lipinski definition) is 5. The normalized spacial score (nSPS) is 24.1. The molecule has 6 heteroatoms. The fourth-order valence-electron chi connectivity index (χ4n) is 5.79. The molecule has 2 bridgehead atoms. The van der Waals surface area contributed by atoms with E-state index in [4.69, 9.17) is 0 Å². The lowest BCUT2D eigenvalue weighted by Gasteiger charge is -2.38. The molecule has 0 amide bonds. The lowest BCUT2D eigenvalue weighted by atomic mass is 9.71. The summed E-state index contributed by atoms with van der Waals surface area (Å²) in [6.07, 6.45) is 3.39. The van der Waals surface area contributed by atoms with E-state index in [-0.39, 0.29) is 23.3 Å². The number of nitriles is 1. The number of anilines is 1. The number of Topliss-reactive ketones (excluding diaryl/α,β-unsaturated/α-hetero) is 1. The van der Waals surface area contributed by atoms with Crippen LogP contribution in [-0.4, -0.2) is 28.6 Å². The molecule has 2 unspecified atom stereocenters. The van der Waals surface area contributed by atoms with Crippen LogP contribution in [0.5, 0.6) is 0 Å². The van der Waals surface area contributed by atoms with Crippen molar-refractivity contribution in [2.75, 3.05) is 4.90 Å². The van der Waals surface area contributed by atoms with Gasteiger partial charge in [-0.3, -0.25) is 9.59 Å². The summed E-state index contributed by atoms with van der Waals surface area (Å²) < 4.78 is 0.877. The molecule has 2 atom stereocenters. The molecular formula is C24H21N3O2S. The fraction of sp³-hybridized carbons (Fsp3) is 0.375. The first-order chi connectivity index (χ1) is 14.4. The Balaban J connectivity index is 1.50. The first kappa shape index (κ1) is 17.9. The van der Waals surface area contributed by atoms with Crippen LogP contribution in [0.2, 0.25) is 0 Å². The van der Waals surface area contributed by atoms with Crippen molar-refractivity contribution < 1.29 is 9.59 Å². The third-order valence-corrected chi connectivity index (χ3v) is 8.25. The van der Waals surface area contributed by atoms with E-state index >= 15 is 0 Å². The third-order valence-electron chi connectivity index (χ3n) is 7.20. The van der Waals surface area contributed by atoms with Crippen LogP contribution in [0.3, 0.4) is 0 Å². The largest absolute Gasteiger partial charge is 0.365 e. The number of benzene rings is 1. The molecule has 2 saturated heterocycles. The molecule has 1 aliphatic carbocycles. The summed E-state index contributed by atoms with van der Waals surface area (Å²) in [5.41, 5.74) is 5.05. The number of carbonyl (C=O) groups excluding carboxylic acids is 2. The molecule has 3 aliphatic rings. The smallest absolute Gasteiger partial charge is 0.196 e. The summed E-state index contributed by atoms with van der Waals surface area (Å²) in [6.45, 7) is 4.31. The molecule has 1 aromatic carbocycles. The first-order valence-corrected chi connectivity index (χ1v) is 11.3. The standard InChI is InChI=1S/C24H21N3O2S/c1-24(2)18-9-14(27-12-3-4-13(27)8-15(28)7-12)5-6-17(18)21(29)20-22-19(26-23(20)24)10-16(11-25)30-22/h5-6,9-10,12-13,26H,3-4,7-8H2,1-2H3. The summed E-state index contributed by atoms with van der Waals surface area (Å²) in [7, 11) is 0. The van der Waals surface area contributed by atoms with Gasteiger partial charge in [-0.15, -0.1) is 11.3 Å². The number of ketones is 2. The Bertz CT molecular complexity index is 1290. The second-order valence-corrected chi connectivity index (χ2v) is 10.3. The molecule has 5 nitrogen and oxygen atoms in total. The zero-order valence-corrected chi connectivity index (χ0v) is 17.7. The minimum Gasteiger partial charge on any atom is -0.365 e. The minimum atomic E-state index is -0.356. The molecule has 6 rings (SSSR count). The van der Waals surface area contributed by atoms with Gasteiger partial charge in [-0.25, -0.2) is 0 Å². The monoisotopic (exact) mass is 415 g/mol. The summed E-state index contributed by atoms with van der Waals surface area (Å²) in [5.74, 6) is 0.403. The number of aromatic amines is 1. The molecule has 2 aliphatic heterocycles. The van der Waals surface area contributed by atoms with E-state index in [0.29, 0.717) is 29.1 Å². The van der Waals surface area contributed by atoms with Crippen LogP contribution in [0.4, 0.5) is 5.69 Å². The third kappa shape index (κ3) is 2.21. The van der Waals surface area contributed by atoms with E-state index in [1.165, 1.54) is 11.3 Å². The van der Waals surface area contributed by atoms with E-state index in [9.17, 15) is 14.9 Å². The van der Waals surface area contributed by atoms with Gasteiger partial charge in [0, 0.05) is 47.3 Å². The highest BCUT2D eigenvalue weighted by molar-refractivity contribution is 7.20. The topological polar surface area (TPSA) is 77.0 Å². The molecule has 3 aromatic rings. The molecule has 0 spiro atoms. The molecule has 1 N–H and O–H groups in total. The highest BCUT2D eigenvalue weighted by atomic mass is 32.1. The van der Waals surface area contributed by atoms with E-state index in [1.54, 1.807) is 0 Å². The number of aromatic nitrogens is 1. The van der Waals surface area contributed by atoms with Crippen molar-refractivity contribution in [1.82, 2.24) is 4.98 Å². The molecule has 2 aromatic heterocycles. The maximum absolute atomic E-state index is 13.5. The fourth-order valence-corrected chi connectivity index (χ4v) is 6.75. The quantitative estimate of drug-likeness (QED) is 0.626. The van der Waals surface area contributed by atoms with Crippen LogP contribution in [0.1, 0.15) is 71.6 Å². The summed E-state index contributed by atoms with van der Waals surface area (Å²) in [6, 6.07) is 10.8. The molecule has 0 saturated carbocycles. The summed E-state index contributed by atoms with van der Waals surface area (Å²) >= 11 is 1.38. The number of nitrogens with one attached hydrogen (secondary N) is 1. The van der Waals surface area contributed by atoms with Gasteiger partial charge in [0.05, 0.1) is 15.8 Å². The molecular weight excluding hydrogens is 394 g/mol. The molecule has 4 heterocycles. The Morgan fingerprint density at radius 3 is 2.60 bits per heavy atom. The zero-order chi connectivity index (χ0) is 20.8.